The van der Waals surface area contributed by atoms with Crippen molar-refractivity contribution in [2.75, 3.05) is 13.2 Å². The minimum absolute atomic E-state index is 0.134. The van der Waals surface area contributed by atoms with Gasteiger partial charge in [0, 0.05) is 12.5 Å². The molecule has 20 heavy (non-hydrogen) atoms. The first-order valence-corrected chi connectivity index (χ1v) is 6.09. The van der Waals surface area contributed by atoms with Crippen LogP contribution in [0.3, 0.4) is 0 Å². The van der Waals surface area contributed by atoms with Gasteiger partial charge in [-0.15, -0.1) is 0 Å². The Labute approximate surface area is 120 Å². The van der Waals surface area contributed by atoms with Crippen LogP contribution in [0, 0.1) is 5.82 Å². The molecule has 0 saturated carbocycles. The normalized spacial score (nSPS) is 10.0. The van der Waals surface area contributed by atoms with Crippen LogP contribution in [0.15, 0.2) is 12.6 Å². The first-order chi connectivity index (χ1) is 9.36. The number of hydrogen-bond acceptors (Lipinski definition) is 5. The molecule has 5 nitrogen and oxygen atoms in total. The maximum Gasteiger partial charge on any atom is 0.341 e. The maximum atomic E-state index is 13.9. The fourth-order valence-electron chi connectivity index (χ4n) is 1.32. The zero-order valence-electron chi connectivity index (χ0n) is 11.0. The van der Waals surface area contributed by atoms with E-state index in [1.54, 1.807) is 6.92 Å². The number of hydrogen-bond donors (Lipinski definition) is 0. The van der Waals surface area contributed by atoms with E-state index in [0.29, 0.717) is 0 Å². The summed E-state index contributed by atoms with van der Waals surface area (Å²) in [5.74, 6) is -2.09. The van der Waals surface area contributed by atoms with Crippen molar-refractivity contribution in [3.63, 3.8) is 0 Å². The van der Waals surface area contributed by atoms with E-state index in [0.717, 1.165) is 6.07 Å². The second-order valence-electron chi connectivity index (χ2n) is 3.76. The van der Waals surface area contributed by atoms with E-state index >= 15 is 0 Å². The Bertz CT molecular complexity index is 560. The van der Waals surface area contributed by atoms with Gasteiger partial charge in [-0.25, -0.2) is 14.2 Å². The van der Waals surface area contributed by atoms with Gasteiger partial charge in [-0.05, 0) is 13.0 Å². The van der Waals surface area contributed by atoms with Crippen LogP contribution < -0.4 is 0 Å². The molecule has 0 unspecified atom stereocenters. The highest BCUT2D eigenvalue weighted by Gasteiger charge is 2.19. The lowest BCUT2D eigenvalue weighted by Gasteiger charge is -2.09. The number of pyridine rings is 1. The Hall–Kier alpha value is -1.95. The highest BCUT2D eigenvalue weighted by Crippen LogP contribution is 2.22. The van der Waals surface area contributed by atoms with Crippen molar-refractivity contribution in [2.45, 2.75) is 13.8 Å². The van der Waals surface area contributed by atoms with E-state index in [2.05, 4.69) is 16.3 Å². The molecule has 1 heterocycles. The zero-order valence-corrected chi connectivity index (χ0v) is 11.8. The highest BCUT2D eigenvalue weighted by molar-refractivity contribution is 6.32. The van der Waals surface area contributed by atoms with Crippen molar-refractivity contribution in [1.29, 1.82) is 0 Å². The number of ether oxygens (including phenoxy) is 2. The summed E-state index contributed by atoms with van der Waals surface area (Å²) < 4.78 is 23.3. The standard InChI is InChI=1S/C13H13ClFNO4/c1-4-19-13(18)9-5-10(15)11(16-12(9)14)7(2)6-20-8(3)17/h5H,2,4,6H2,1,3H3. The van der Waals surface area contributed by atoms with Gasteiger partial charge >= 0.3 is 11.9 Å². The largest absolute Gasteiger partial charge is 0.462 e. The molecule has 0 aliphatic heterocycles. The molecule has 0 aromatic carbocycles. The van der Waals surface area contributed by atoms with Gasteiger partial charge < -0.3 is 9.47 Å². The third-order valence-corrected chi connectivity index (χ3v) is 2.50. The summed E-state index contributed by atoms with van der Waals surface area (Å²) in [6, 6.07) is 0.918. The van der Waals surface area contributed by atoms with Gasteiger partial charge in [0.2, 0.25) is 0 Å². The molecule has 1 aromatic rings. The third kappa shape index (κ3) is 4.03. The van der Waals surface area contributed by atoms with E-state index in [1.165, 1.54) is 6.92 Å². The summed E-state index contributed by atoms with van der Waals surface area (Å²) in [6.45, 7) is 6.31. The molecule has 0 spiro atoms. The quantitative estimate of drug-likeness (QED) is 0.618. The number of rotatable bonds is 5. The SMILES string of the molecule is C=C(COC(C)=O)c1nc(Cl)c(C(=O)OCC)cc1F. The Morgan fingerprint density at radius 1 is 1.45 bits per heavy atom. The van der Waals surface area contributed by atoms with Crippen LogP contribution in [-0.2, 0) is 14.3 Å². The summed E-state index contributed by atoms with van der Waals surface area (Å²) in [5, 5.41) is -0.205. The molecule has 0 fully saturated rings. The molecule has 0 N–H and O–H groups in total. The van der Waals surface area contributed by atoms with Gasteiger partial charge in [0.25, 0.3) is 0 Å². The van der Waals surface area contributed by atoms with Crippen LogP contribution >= 0.6 is 11.6 Å². The molecule has 0 aliphatic rings. The third-order valence-electron chi connectivity index (χ3n) is 2.21. The van der Waals surface area contributed by atoms with E-state index in [4.69, 9.17) is 16.3 Å². The number of halogens is 2. The van der Waals surface area contributed by atoms with Crippen LogP contribution in [0.4, 0.5) is 4.39 Å². The Balaban J connectivity index is 3.01. The molecular weight excluding hydrogens is 289 g/mol. The van der Waals surface area contributed by atoms with Crippen LogP contribution in [0.2, 0.25) is 5.15 Å². The summed E-state index contributed by atoms with van der Waals surface area (Å²) >= 11 is 5.81. The maximum absolute atomic E-state index is 13.9. The van der Waals surface area contributed by atoms with Crippen LogP contribution in [0.1, 0.15) is 29.9 Å². The minimum atomic E-state index is -0.797. The average molecular weight is 302 g/mol. The van der Waals surface area contributed by atoms with Crippen molar-refractivity contribution in [3.8, 4) is 0 Å². The molecule has 0 radical (unpaired) electrons. The Kier molecular flexibility index (Phi) is 5.64. The van der Waals surface area contributed by atoms with E-state index in [-0.39, 0.29) is 35.2 Å². The lowest BCUT2D eigenvalue weighted by molar-refractivity contribution is -0.139. The topological polar surface area (TPSA) is 65.5 Å². The average Bonchev–Trinajstić information content (AvgIpc) is 2.38. The predicted octanol–water partition coefficient (Wildman–Crippen LogP) is 2.63. The molecule has 0 atom stereocenters. The summed E-state index contributed by atoms with van der Waals surface area (Å²) in [6.07, 6.45) is 0. The van der Waals surface area contributed by atoms with Gasteiger partial charge in [0.05, 0.1) is 12.2 Å². The summed E-state index contributed by atoms with van der Waals surface area (Å²) in [7, 11) is 0. The molecule has 7 heteroatoms. The molecule has 1 rings (SSSR count). The number of carbonyl (C=O) groups is 2. The van der Waals surface area contributed by atoms with Crippen molar-refractivity contribution < 1.29 is 23.5 Å². The highest BCUT2D eigenvalue weighted by atomic mass is 35.5. The Morgan fingerprint density at radius 2 is 2.10 bits per heavy atom. The lowest BCUT2D eigenvalue weighted by atomic mass is 10.1. The summed E-state index contributed by atoms with van der Waals surface area (Å²) in [5.41, 5.74) is -0.200. The minimum Gasteiger partial charge on any atom is -0.462 e. The second kappa shape index (κ2) is 7.00. The smallest absolute Gasteiger partial charge is 0.341 e. The fourth-order valence-corrected chi connectivity index (χ4v) is 1.54. The fraction of sp³-hybridized carbons (Fsp3) is 0.308. The summed E-state index contributed by atoms with van der Waals surface area (Å²) in [4.78, 5) is 25.9. The molecule has 0 amide bonds. The molecule has 1 aromatic heterocycles. The predicted molar refractivity (Wildman–Crippen MR) is 70.8 cm³/mol. The van der Waals surface area contributed by atoms with Crippen molar-refractivity contribution in [2.24, 2.45) is 0 Å². The molecular formula is C13H13ClFNO4. The van der Waals surface area contributed by atoms with Crippen LogP contribution in [0.25, 0.3) is 5.57 Å². The van der Waals surface area contributed by atoms with Gasteiger partial charge in [-0.1, -0.05) is 18.2 Å². The van der Waals surface area contributed by atoms with Gasteiger partial charge in [-0.2, -0.15) is 0 Å². The number of esters is 2. The van der Waals surface area contributed by atoms with Gasteiger partial charge in [0.1, 0.15) is 23.3 Å². The molecule has 0 saturated heterocycles. The van der Waals surface area contributed by atoms with E-state index in [1.807, 2.05) is 0 Å². The number of nitrogens with zero attached hydrogens (tertiary/aromatic N) is 1. The van der Waals surface area contributed by atoms with Crippen molar-refractivity contribution >= 4 is 29.1 Å². The first-order valence-electron chi connectivity index (χ1n) is 5.71. The van der Waals surface area contributed by atoms with E-state index in [9.17, 15) is 14.0 Å². The molecule has 0 aliphatic carbocycles. The van der Waals surface area contributed by atoms with Gasteiger partial charge in [0.15, 0.2) is 0 Å². The van der Waals surface area contributed by atoms with E-state index < -0.39 is 17.8 Å². The second-order valence-corrected chi connectivity index (χ2v) is 4.12. The lowest BCUT2D eigenvalue weighted by Crippen LogP contribution is -2.10. The first kappa shape index (κ1) is 16.1. The van der Waals surface area contributed by atoms with Crippen LogP contribution in [-0.4, -0.2) is 30.1 Å². The molecule has 0 bridgehead atoms. The Morgan fingerprint density at radius 3 is 2.65 bits per heavy atom. The molecule has 108 valence electrons. The van der Waals surface area contributed by atoms with Crippen LogP contribution in [0.5, 0.6) is 0 Å². The zero-order chi connectivity index (χ0) is 15.3. The number of aromatic nitrogens is 1. The van der Waals surface area contributed by atoms with Crippen molar-refractivity contribution in [1.82, 2.24) is 4.98 Å². The van der Waals surface area contributed by atoms with Crippen molar-refractivity contribution in [3.05, 3.63) is 34.9 Å². The monoisotopic (exact) mass is 301 g/mol. The number of carbonyl (C=O) groups excluding carboxylic acids is 2. The van der Waals surface area contributed by atoms with Gasteiger partial charge in [-0.3, -0.25) is 4.79 Å².